The fourth-order valence-corrected chi connectivity index (χ4v) is 6.59. The first-order valence-corrected chi connectivity index (χ1v) is 15.1. The van der Waals surface area contributed by atoms with Gasteiger partial charge in [0.05, 0.1) is 30.7 Å². The van der Waals surface area contributed by atoms with Crippen molar-refractivity contribution < 1.29 is 40.4 Å². The van der Waals surface area contributed by atoms with E-state index in [1.807, 2.05) is 61.5 Å². The third-order valence-electron chi connectivity index (χ3n) is 6.30. The second-order valence-electron chi connectivity index (χ2n) is 9.11. The average molecular weight is 584 g/mol. The van der Waals surface area contributed by atoms with E-state index < -0.39 is 51.3 Å². The molecule has 11 heteroatoms. The van der Waals surface area contributed by atoms with Crippen molar-refractivity contribution in [2.45, 2.75) is 58.1 Å². The first-order valence-electron chi connectivity index (χ1n) is 12.4. The van der Waals surface area contributed by atoms with Gasteiger partial charge in [0.25, 0.3) is 0 Å². The lowest BCUT2D eigenvalue weighted by molar-refractivity contribution is -0.221. The number of benzene rings is 3. The third kappa shape index (κ3) is 6.96. The van der Waals surface area contributed by atoms with Crippen molar-refractivity contribution in [3.8, 4) is 5.75 Å². The molecule has 0 spiro atoms. The molecule has 1 aliphatic heterocycles. The molecule has 3 aromatic carbocycles. The number of ether oxygens (including phenoxy) is 3. The normalized spacial score (nSPS) is 17.7. The summed E-state index contributed by atoms with van der Waals surface area (Å²) in [7, 11) is -6.33. The van der Waals surface area contributed by atoms with Crippen molar-refractivity contribution in [1.82, 2.24) is 0 Å². The topological polar surface area (TPSA) is 82.1 Å². The van der Waals surface area contributed by atoms with E-state index in [0.717, 1.165) is 33.1 Å². The quantitative estimate of drug-likeness (QED) is 0.221. The van der Waals surface area contributed by atoms with Crippen LogP contribution in [-0.2, 0) is 36.3 Å². The molecule has 6 nitrogen and oxygen atoms in total. The van der Waals surface area contributed by atoms with E-state index in [4.69, 9.17) is 18.8 Å². The Morgan fingerprint density at radius 3 is 1.97 bits per heavy atom. The van der Waals surface area contributed by atoms with Gasteiger partial charge in [0.1, 0.15) is 5.75 Å². The molecule has 1 aliphatic rings. The predicted octanol–water partition coefficient (Wildman–Crippen LogP) is 6.37. The summed E-state index contributed by atoms with van der Waals surface area (Å²) < 4.78 is 87.8. The van der Waals surface area contributed by atoms with E-state index >= 15 is 0 Å². The lowest BCUT2D eigenvalue weighted by Gasteiger charge is -2.28. The summed E-state index contributed by atoms with van der Waals surface area (Å²) in [4.78, 5) is 3.11. The minimum atomic E-state index is -5.86. The Hall–Kier alpha value is -2.57. The number of hydrogen-bond donors (Lipinski definition) is 1. The Morgan fingerprint density at radius 2 is 1.44 bits per heavy atom. The summed E-state index contributed by atoms with van der Waals surface area (Å²) in [6.07, 6.45) is -2.11. The van der Waals surface area contributed by atoms with Gasteiger partial charge in [0.2, 0.25) is 0 Å². The van der Waals surface area contributed by atoms with Crippen molar-refractivity contribution >= 4 is 21.0 Å². The Morgan fingerprint density at radius 1 is 0.923 bits per heavy atom. The summed E-state index contributed by atoms with van der Waals surface area (Å²) in [5.74, 6) is -0.493. The van der Waals surface area contributed by atoms with Crippen molar-refractivity contribution in [1.29, 1.82) is 0 Å². The standard InChI is InChI=1S/C28H29F3O6S2/c1-27(36-18-5-6-19-37-27)21-9-13-24(14-10-21)38(23-7-3-2-4-8-23)25-15-11-22(12-16-25)35-20-17-26(29)28(30,31)39(32,33)34/h2-4,7-16,26H,5-6,17-20H2,1H3/p+1. The third-order valence-corrected chi connectivity index (χ3v) is 9.47. The van der Waals surface area contributed by atoms with Gasteiger partial charge in [-0.3, -0.25) is 4.55 Å². The fourth-order valence-electron chi connectivity index (χ4n) is 4.09. The van der Waals surface area contributed by atoms with Gasteiger partial charge in [-0.1, -0.05) is 18.2 Å². The molecule has 2 atom stereocenters. The SMILES string of the molecule is CC1(c2ccc([S+](c3ccccc3)c3ccc(OCCC(F)C(F)(F)S(=O)(=O)O)cc3)cc2)OCCCCO1. The minimum absolute atomic E-state index is 0.309. The van der Waals surface area contributed by atoms with Gasteiger partial charge in [0, 0.05) is 12.0 Å². The zero-order chi connectivity index (χ0) is 28.1. The van der Waals surface area contributed by atoms with Crippen LogP contribution >= 0.6 is 0 Å². The van der Waals surface area contributed by atoms with Gasteiger partial charge in [-0.05, 0) is 80.4 Å². The van der Waals surface area contributed by atoms with E-state index in [2.05, 4.69) is 12.1 Å². The van der Waals surface area contributed by atoms with Crippen molar-refractivity contribution in [2.75, 3.05) is 19.8 Å². The fraction of sp³-hybridized carbons (Fsp3) is 0.357. The molecule has 1 fully saturated rings. The molecule has 39 heavy (non-hydrogen) atoms. The van der Waals surface area contributed by atoms with Crippen molar-refractivity contribution in [3.05, 3.63) is 84.4 Å². The highest BCUT2D eigenvalue weighted by atomic mass is 32.2. The molecule has 1 heterocycles. The molecule has 1 saturated heterocycles. The molecule has 0 aliphatic carbocycles. The van der Waals surface area contributed by atoms with Crippen molar-refractivity contribution in [3.63, 3.8) is 0 Å². The summed E-state index contributed by atoms with van der Waals surface area (Å²) in [5.41, 5.74) is 0.930. The molecule has 210 valence electrons. The van der Waals surface area contributed by atoms with Gasteiger partial charge >= 0.3 is 15.4 Å². The Balaban J connectivity index is 1.50. The summed E-state index contributed by atoms with van der Waals surface area (Å²) in [6.45, 7) is 2.70. The molecule has 3 aromatic rings. The van der Waals surface area contributed by atoms with Crippen LogP contribution in [0.2, 0.25) is 0 Å². The Bertz CT molecular complexity index is 1310. The molecule has 2 unspecified atom stereocenters. The van der Waals surface area contributed by atoms with Crippen LogP contribution in [0.5, 0.6) is 5.75 Å². The second-order valence-corrected chi connectivity index (χ2v) is 12.6. The van der Waals surface area contributed by atoms with Gasteiger partial charge in [-0.25, -0.2) is 4.39 Å². The molecule has 0 amide bonds. The maximum Gasteiger partial charge on any atom is 0.400 e. The smallest absolute Gasteiger partial charge is 0.400 e. The van der Waals surface area contributed by atoms with E-state index in [1.165, 1.54) is 0 Å². The zero-order valence-corrected chi connectivity index (χ0v) is 22.9. The van der Waals surface area contributed by atoms with Crippen LogP contribution in [0.4, 0.5) is 13.2 Å². The molecule has 1 N–H and O–H groups in total. The molecule has 0 saturated carbocycles. The largest absolute Gasteiger partial charge is 0.493 e. The van der Waals surface area contributed by atoms with E-state index in [9.17, 15) is 21.6 Å². The number of rotatable bonds is 10. The first kappa shape index (κ1) is 29.4. The monoisotopic (exact) mass is 583 g/mol. The molecule has 0 bridgehead atoms. The number of hydrogen-bond acceptors (Lipinski definition) is 5. The van der Waals surface area contributed by atoms with Crippen LogP contribution in [0.3, 0.4) is 0 Å². The maximum absolute atomic E-state index is 13.7. The first-order chi connectivity index (χ1) is 18.5. The highest BCUT2D eigenvalue weighted by Gasteiger charge is 2.52. The maximum atomic E-state index is 13.7. The van der Waals surface area contributed by atoms with Crippen LogP contribution < -0.4 is 4.74 Å². The zero-order valence-electron chi connectivity index (χ0n) is 21.3. The van der Waals surface area contributed by atoms with Gasteiger partial charge < -0.3 is 14.2 Å². The highest BCUT2D eigenvalue weighted by Crippen LogP contribution is 2.35. The molecular formula is C28H30F3O6S2+. The van der Waals surface area contributed by atoms with Crippen LogP contribution in [0.15, 0.2) is 93.5 Å². The summed E-state index contributed by atoms with van der Waals surface area (Å²) >= 11 is 0. The average Bonchev–Trinajstić information content (AvgIpc) is 3.15. The summed E-state index contributed by atoms with van der Waals surface area (Å²) in [5, 5.41) is -4.90. The van der Waals surface area contributed by atoms with Gasteiger partial charge in [-0.2, -0.15) is 17.2 Å². The van der Waals surface area contributed by atoms with Crippen molar-refractivity contribution in [2.24, 2.45) is 0 Å². The number of halogens is 3. The molecule has 0 radical (unpaired) electrons. The second kappa shape index (κ2) is 12.3. The van der Waals surface area contributed by atoms with Crippen LogP contribution in [-0.4, -0.2) is 44.2 Å². The number of alkyl halides is 3. The molecule has 4 rings (SSSR count). The van der Waals surface area contributed by atoms with Crippen LogP contribution in [0, 0.1) is 0 Å². The van der Waals surface area contributed by atoms with Gasteiger partial charge in [-0.15, -0.1) is 0 Å². The predicted molar refractivity (Wildman–Crippen MR) is 141 cm³/mol. The lowest BCUT2D eigenvalue weighted by atomic mass is 10.1. The molecular weight excluding hydrogens is 553 g/mol. The van der Waals surface area contributed by atoms with Crippen LogP contribution in [0.25, 0.3) is 0 Å². The Labute approximate surface area is 229 Å². The lowest BCUT2D eigenvalue weighted by Crippen LogP contribution is -2.39. The highest BCUT2D eigenvalue weighted by molar-refractivity contribution is 7.97. The van der Waals surface area contributed by atoms with Gasteiger partial charge in [0.15, 0.2) is 26.6 Å². The minimum Gasteiger partial charge on any atom is -0.493 e. The van der Waals surface area contributed by atoms with E-state index in [-0.39, 0.29) is 0 Å². The van der Waals surface area contributed by atoms with E-state index in [0.29, 0.717) is 19.0 Å². The van der Waals surface area contributed by atoms with E-state index in [1.54, 1.807) is 12.1 Å². The van der Waals surface area contributed by atoms with Crippen LogP contribution in [0.1, 0.15) is 31.7 Å². The summed E-state index contributed by atoms with van der Waals surface area (Å²) in [6, 6.07) is 25.1. The Kier molecular flexibility index (Phi) is 9.28. The molecule has 0 aromatic heterocycles.